The molecule has 1 aliphatic carbocycles. The summed E-state index contributed by atoms with van der Waals surface area (Å²) >= 11 is 0. The number of rotatable bonds is 5. The van der Waals surface area contributed by atoms with E-state index in [0.717, 1.165) is 31.7 Å². The zero-order chi connectivity index (χ0) is 9.97. The monoisotopic (exact) mass is 195 g/mol. The van der Waals surface area contributed by atoms with Crippen molar-refractivity contribution in [1.29, 1.82) is 0 Å². The van der Waals surface area contributed by atoms with Gasteiger partial charge in [-0.1, -0.05) is 12.2 Å². The molecule has 1 heterocycles. The number of hydrogen-bond donors (Lipinski definition) is 0. The van der Waals surface area contributed by atoms with Gasteiger partial charge in [0.05, 0.1) is 6.61 Å². The molecule has 2 nitrogen and oxygen atoms in total. The molecule has 1 atom stereocenters. The Labute approximate surface area is 86.9 Å². The molecule has 80 valence electrons. The van der Waals surface area contributed by atoms with Gasteiger partial charge in [0.25, 0.3) is 0 Å². The van der Waals surface area contributed by atoms with Crippen LogP contribution >= 0.6 is 0 Å². The topological polar surface area (TPSA) is 12.5 Å². The highest BCUT2D eigenvalue weighted by molar-refractivity contribution is 4.97. The molecule has 14 heavy (non-hydrogen) atoms. The van der Waals surface area contributed by atoms with Crippen LogP contribution in [0, 0.1) is 5.92 Å². The molecule has 0 aromatic carbocycles. The van der Waals surface area contributed by atoms with E-state index in [-0.39, 0.29) is 0 Å². The third-order valence-corrected chi connectivity index (χ3v) is 3.05. The van der Waals surface area contributed by atoms with Crippen molar-refractivity contribution in [3.63, 3.8) is 0 Å². The van der Waals surface area contributed by atoms with Crippen LogP contribution in [0.4, 0.5) is 0 Å². The average molecular weight is 195 g/mol. The summed E-state index contributed by atoms with van der Waals surface area (Å²) in [6.45, 7) is 10.4. The largest absolute Gasteiger partial charge is 0.381 e. The molecule has 0 aromatic heterocycles. The molecule has 2 rings (SSSR count). The standard InChI is InChI=1S/C12H21NO/c1-10(2)7-13(12-3-4-12)8-11-5-6-14-9-11/h11-12H,1,3-9H2,2H3. The summed E-state index contributed by atoms with van der Waals surface area (Å²) < 4.78 is 5.41. The van der Waals surface area contributed by atoms with Gasteiger partial charge >= 0.3 is 0 Å². The molecule has 0 aromatic rings. The van der Waals surface area contributed by atoms with E-state index < -0.39 is 0 Å². The Balaban J connectivity index is 1.80. The van der Waals surface area contributed by atoms with Gasteiger partial charge in [0.2, 0.25) is 0 Å². The predicted molar refractivity (Wildman–Crippen MR) is 58.3 cm³/mol. The van der Waals surface area contributed by atoms with Gasteiger partial charge in [-0.25, -0.2) is 0 Å². The fraction of sp³-hybridized carbons (Fsp3) is 0.833. The Hall–Kier alpha value is -0.340. The van der Waals surface area contributed by atoms with Gasteiger partial charge in [-0.05, 0) is 32.1 Å². The molecule has 0 radical (unpaired) electrons. The molecule has 0 bridgehead atoms. The quantitative estimate of drug-likeness (QED) is 0.623. The van der Waals surface area contributed by atoms with Gasteiger partial charge in [0.1, 0.15) is 0 Å². The third kappa shape index (κ3) is 2.82. The van der Waals surface area contributed by atoms with Crippen molar-refractivity contribution in [2.75, 3.05) is 26.3 Å². The Bertz CT molecular complexity index is 204. The van der Waals surface area contributed by atoms with E-state index in [4.69, 9.17) is 4.74 Å². The van der Waals surface area contributed by atoms with E-state index in [9.17, 15) is 0 Å². The molecular formula is C12H21NO. The van der Waals surface area contributed by atoms with Crippen molar-refractivity contribution >= 4 is 0 Å². The molecular weight excluding hydrogens is 174 g/mol. The van der Waals surface area contributed by atoms with Crippen LogP contribution in [0.1, 0.15) is 26.2 Å². The van der Waals surface area contributed by atoms with Gasteiger partial charge in [-0.2, -0.15) is 0 Å². The molecule has 2 fully saturated rings. The Morgan fingerprint density at radius 2 is 2.21 bits per heavy atom. The molecule has 0 spiro atoms. The van der Waals surface area contributed by atoms with E-state index in [1.807, 2.05) is 0 Å². The van der Waals surface area contributed by atoms with Crippen LogP contribution in [0.25, 0.3) is 0 Å². The zero-order valence-electron chi connectivity index (χ0n) is 9.17. The Morgan fingerprint density at radius 1 is 1.43 bits per heavy atom. The molecule has 0 N–H and O–H groups in total. The maximum Gasteiger partial charge on any atom is 0.0507 e. The van der Waals surface area contributed by atoms with E-state index in [1.54, 1.807) is 0 Å². The van der Waals surface area contributed by atoms with Crippen molar-refractivity contribution in [1.82, 2.24) is 4.90 Å². The van der Waals surface area contributed by atoms with Crippen LogP contribution in [0.2, 0.25) is 0 Å². The van der Waals surface area contributed by atoms with Crippen molar-refractivity contribution < 1.29 is 4.74 Å². The van der Waals surface area contributed by atoms with Crippen LogP contribution < -0.4 is 0 Å². The second-order valence-corrected chi connectivity index (χ2v) is 4.85. The summed E-state index contributed by atoms with van der Waals surface area (Å²) in [5.74, 6) is 0.773. The number of ether oxygens (including phenoxy) is 1. The highest BCUT2D eigenvalue weighted by atomic mass is 16.5. The van der Waals surface area contributed by atoms with Gasteiger partial charge in [-0.3, -0.25) is 4.90 Å². The fourth-order valence-electron chi connectivity index (χ4n) is 2.19. The molecule has 1 aliphatic heterocycles. The van der Waals surface area contributed by atoms with Crippen LogP contribution in [-0.4, -0.2) is 37.2 Å². The van der Waals surface area contributed by atoms with Gasteiger partial charge in [0, 0.05) is 25.7 Å². The SMILES string of the molecule is C=C(C)CN(CC1CCOC1)C1CC1. The molecule has 1 saturated carbocycles. The minimum absolute atomic E-state index is 0.773. The van der Waals surface area contributed by atoms with Crippen molar-refractivity contribution in [3.05, 3.63) is 12.2 Å². The lowest BCUT2D eigenvalue weighted by atomic mass is 10.1. The van der Waals surface area contributed by atoms with E-state index in [0.29, 0.717) is 0 Å². The lowest BCUT2D eigenvalue weighted by molar-refractivity contribution is 0.168. The van der Waals surface area contributed by atoms with Crippen molar-refractivity contribution in [2.24, 2.45) is 5.92 Å². The highest BCUT2D eigenvalue weighted by Gasteiger charge is 2.31. The van der Waals surface area contributed by atoms with E-state index in [2.05, 4.69) is 18.4 Å². The molecule has 2 aliphatic rings. The fourth-order valence-corrected chi connectivity index (χ4v) is 2.19. The summed E-state index contributed by atoms with van der Waals surface area (Å²) in [7, 11) is 0. The highest BCUT2D eigenvalue weighted by Crippen LogP contribution is 2.29. The maximum absolute atomic E-state index is 5.41. The van der Waals surface area contributed by atoms with Gasteiger partial charge in [0.15, 0.2) is 0 Å². The minimum Gasteiger partial charge on any atom is -0.381 e. The van der Waals surface area contributed by atoms with Crippen LogP contribution in [0.3, 0.4) is 0 Å². The summed E-state index contributed by atoms with van der Waals surface area (Å²) in [6, 6.07) is 0.854. The molecule has 1 unspecified atom stereocenters. The number of hydrogen-bond acceptors (Lipinski definition) is 2. The molecule has 2 heteroatoms. The van der Waals surface area contributed by atoms with Gasteiger partial charge in [-0.15, -0.1) is 0 Å². The van der Waals surface area contributed by atoms with Crippen LogP contribution in [0.15, 0.2) is 12.2 Å². The van der Waals surface area contributed by atoms with Crippen LogP contribution in [0.5, 0.6) is 0 Å². The average Bonchev–Trinajstić information content (AvgIpc) is 2.85. The normalized spacial score (nSPS) is 27.1. The Kier molecular flexibility index (Phi) is 3.24. The smallest absolute Gasteiger partial charge is 0.0507 e. The Morgan fingerprint density at radius 3 is 2.71 bits per heavy atom. The summed E-state index contributed by atoms with van der Waals surface area (Å²) in [6.07, 6.45) is 4.03. The van der Waals surface area contributed by atoms with E-state index in [1.165, 1.54) is 31.4 Å². The zero-order valence-corrected chi connectivity index (χ0v) is 9.17. The predicted octanol–water partition coefficient (Wildman–Crippen LogP) is 2.06. The number of nitrogens with zero attached hydrogens (tertiary/aromatic N) is 1. The summed E-state index contributed by atoms with van der Waals surface area (Å²) in [4.78, 5) is 2.60. The summed E-state index contributed by atoms with van der Waals surface area (Å²) in [5, 5.41) is 0. The first-order valence-electron chi connectivity index (χ1n) is 5.72. The van der Waals surface area contributed by atoms with E-state index >= 15 is 0 Å². The second-order valence-electron chi connectivity index (χ2n) is 4.85. The maximum atomic E-state index is 5.41. The lowest BCUT2D eigenvalue weighted by Gasteiger charge is -2.24. The molecule has 1 saturated heterocycles. The minimum atomic E-state index is 0.773. The second kappa shape index (κ2) is 4.45. The van der Waals surface area contributed by atoms with Gasteiger partial charge < -0.3 is 4.74 Å². The first kappa shape index (κ1) is 10.2. The first-order valence-corrected chi connectivity index (χ1v) is 5.72. The molecule has 0 amide bonds. The first-order chi connectivity index (χ1) is 6.75. The third-order valence-electron chi connectivity index (χ3n) is 3.05. The lowest BCUT2D eigenvalue weighted by Crippen LogP contribution is -2.33. The van der Waals surface area contributed by atoms with Crippen LogP contribution in [-0.2, 0) is 4.74 Å². The van der Waals surface area contributed by atoms with Crippen molar-refractivity contribution in [3.8, 4) is 0 Å². The summed E-state index contributed by atoms with van der Waals surface area (Å²) in [5.41, 5.74) is 1.29. The van der Waals surface area contributed by atoms with Crippen molar-refractivity contribution in [2.45, 2.75) is 32.2 Å².